The maximum absolute atomic E-state index is 14.3. The van der Waals surface area contributed by atoms with Gasteiger partial charge in [0, 0.05) is 18.4 Å². The predicted molar refractivity (Wildman–Crippen MR) is 116 cm³/mol. The summed E-state index contributed by atoms with van der Waals surface area (Å²) < 4.78 is 46.4. The maximum atomic E-state index is 14.3. The SMILES string of the molecule is CCOC(=O)C(F)(F)c1cccc(COc2ccc(-c3ccnn3C3CCCCO3)nc2)c1. The zero-order chi connectivity index (χ0) is 23.3. The molecular formula is C24H25F2N3O4. The Bertz CT molecular complexity index is 1080. The Morgan fingerprint density at radius 2 is 2.12 bits per heavy atom. The van der Waals surface area contributed by atoms with Gasteiger partial charge in [-0.25, -0.2) is 9.48 Å². The van der Waals surface area contributed by atoms with Crippen molar-refractivity contribution in [3.63, 3.8) is 0 Å². The first-order valence-corrected chi connectivity index (χ1v) is 10.9. The van der Waals surface area contributed by atoms with E-state index in [1.807, 2.05) is 16.8 Å². The molecule has 0 bridgehead atoms. The number of halogens is 2. The number of ether oxygens (including phenoxy) is 3. The van der Waals surface area contributed by atoms with Gasteiger partial charge in [0.2, 0.25) is 0 Å². The lowest BCUT2D eigenvalue weighted by atomic mass is 10.1. The molecule has 1 saturated heterocycles. The second-order valence-electron chi connectivity index (χ2n) is 7.65. The standard InChI is InChI=1S/C24H25F2N3O4/c1-2-31-23(30)24(25,26)18-7-5-6-17(14-18)16-33-19-9-10-20(27-15-19)21-11-12-28-29(21)22-8-3-4-13-32-22/h5-7,9-12,14-15,22H,2-4,8,13,16H2,1H3. The molecule has 0 aliphatic carbocycles. The van der Waals surface area contributed by atoms with Crippen LogP contribution in [0.3, 0.4) is 0 Å². The number of hydrogen-bond acceptors (Lipinski definition) is 6. The van der Waals surface area contributed by atoms with E-state index in [0.717, 1.165) is 37.3 Å². The molecule has 9 heteroatoms. The third kappa shape index (κ3) is 5.19. The summed E-state index contributed by atoms with van der Waals surface area (Å²) in [5.41, 5.74) is 1.63. The van der Waals surface area contributed by atoms with Crippen LogP contribution in [0.15, 0.2) is 54.9 Å². The van der Waals surface area contributed by atoms with Crippen molar-refractivity contribution >= 4 is 5.97 Å². The quantitative estimate of drug-likeness (QED) is 0.449. The molecule has 0 radical (unpaired) electrons. The third-order valence-electron chi connectivity index (χ3n) is 5.32. The Labute approximate surface area is 190 Å². The van der Waals surface area contributed by atoms with Crippen LogP contribution in [0.5, 0.6) is 5.75 Å². The van der Waals surface area contributed by atoms with Gasteiger partial charge in [0.1, 0.15) is 12.4 Å². The Kier molecular flexibility index (Phi) is 6.98. The monoisotopic (exact) mass is 457 g/mol. The van der Waals surface area contributed by atoms with E-state index in [-0.39, 0.29) is 19.4 Å². The zero-order valence-electron chi connectivity index (χ0n) is 18.2. The molecule has 3 heterocycles. The van der Waals surface area contributed by atoms with E-state index in [1.165, 1.54) is 25.1 Å². The second kappa shape index (κ2) is 10.1. The Hall–Kier alpha value is -3.33. The predicted octanol–water partition coefficient (Wildman–Crippen LogP) is 4.88. The Morgan fingerprint density at radius 3 is 2.85 bits per heavy atom. The highest BCUT2D eigenvalue weighted by atomic mass is 19.3. The smallest absolute Gasteiger partial charge is 0.381 e. The number of carbonyl (C=O) groups is 1. The number of aromatic nitrogens is 3. The van der Waals surface area contributed by atoms with Crippen LogP contribution in [0.1, 0.15) is 43.5 Å². The summed E-state index contributed by atoms with van der Waals surface area (Å²) in [5, 5.41) is 4.39. The van der Waals surface area contributed by atoms with Gasteiger partial charge >= 0.3 is 11.9 Å². The van der Waals surface area contributed by atoms with Crippen molar-refractivity contribution in [1.82, 2.24) is 14.8 Å². The lowest BCUT2D eigenvalue weighted by Gasteiger charge is -2.24. The number of carbonyl (C=O) groups excluding carboxylic acids is 1. The van der Waals surface area contributed by atoms with Gasteiger partial charge < -0.3 is 14.2 Å². The van der Waals surface area contributed by atoms with E-state index in [2.05, 4.69) is 14.8 Å². The minimum absolute atomic E-state index is 0.0433. The molecule has 7 nitrogen and oxygen atoms in total. The Morgan fingerprint density at radius 1 is 1.24 bits per heavy atom. The number of esters is 1. The molecule has 1 atom stereocenters. The van der Waals surface area contributed by atoms with E-state index in [9.17, 15) is 13.6 Å². The van der Waals surface area contributed by atoms with Crippen molar-refractivity contribution < 1.29 is 27.8 Å². The highest BCUT2D eigenvalue weighted by molar-refractivity contribution is 5.79. The molecule has 1 aromatic carbocycles. The molecule has 2 aromatic heterocycles. The lowest BCUT2D eigenvalue weighted by molar-refractivity contribution is -0.173. The topological polar surface area (TPSA) is 75.5 Å². The zero-order valence-corrected chi connectivity index (χ0v) is 18.2. The molecule has 1 unspecified atom stereocenters. The van der Waals surface area contributed by atoms with Crippen molar-refractivity contribution in [2.75, 3.05) is 13.2 Å². The van der Waals surface area contributed by atoms with Crippen LogP contribution >= 0.6 is 0 Å². The van der Waals surface area contributed by atoms with Crippen LogP contribution in [0, 0.1) is 0 Å². The van der Waals surface area contributed by atoms with Gasteiger partial charge in [0.15, 0.2) is 6.23 Å². The van der Waals surface area contributed by atoms with E-state index in [1.54, 1.807) is 24.5 Å². The summed E-state index contributed by atoms with van der Waals surface area (Å²) in [6, 6.07) is 11.0. The molecule has 33 heavy (non-hydrogen) atoms. The highest BCUT2D eigenvalue weighted by Crippen LogP contribution is 2.31. The fourth-order valence-corrected chi connectivity index (χ4v) is 3.64. The van der Waals surface area contributed by atoms with Crippen molar-refractivity contribution in [3.8, 4) is 17.1 Å². The van der Waals surface area contributed by atoms with E-state index >= 15 is 0 Å². The summed E-state index contributed by atoms with van der Waals surface area (Å²) in [7, 11) is 0. The summed E-state index contributed by atoms with van der Waals surface area (Å²) in [6.45, 7) is 2.13. The largest absolute Gasteiger partial charge is 0.487 e. The van der Waals surface area contributed by atoms with Gasteiger partial charge in [-0.3, -0.25) is 4.98 Å². The first kappa shape index (κ1) is 22.8. The van der Waals surface area contributed by atoms with Crippen molar-refractivity contribution in [2.45, 2.75) is 44.9 Å². The molecule has 3 aromatic rings. The van der Waals surface area contributed by atoms with Gasteiger partial charge in [0.25, 0.3) is 0 Å². The minimum Gasteiger partial charge on any atom is -0.487 e. The van der Waals surface area contributed by atoms with Crippen LogP contribution in [0.4, 0.5) is 8.78 Å². The number of nitrogens with zero attached hydrogens (tertiary/aromatic N) is 3. The fourth-order valence-electron chi connectivity index (χ4n) is 3.64. The van der Waals surface area contributed by atoms with Crippen molar-refractivity contribution in [2.24, 2.45) is 0 Å². The van der Waals surface area contributed by atoms with Crippen molar-refractivity contribution in [3.05, 3.63) is 66.0 Å². The van der Waals surface area contributed by atoms with Crippen LogP contribution in [-0.2, 0) is 26.8 Å². The number of rotatable bonds is 8. The van der Waals surface area contributed by atoms with Crippen LogP contribution in [-0.4, -0.2) is 33.9 Å². The summed E-state index contributed by atoms with van der Waals surface area (Å²) in [5.74, 6) is -4.80. The highest BCUT2D eigenvalue weighted by Gasteiger charge is 2.42. The molecule has 1 fully saturated rings. The normalized spacial score (nSPS) is 16.4. The van der Waals surface area contributed by atoms with E-state index < -0.39 is 17.5 Å². The number of benzene rings is 1. The van der Waals surface area contributed by atoms with Gasteiger partial charge in [-0.2, -0.15) is 13.9 Å². The Balaban J connectivity index is 1.42. The summed E-state index contributed by atoms with van der Waals surface area (Å²) >= 11 is 0. The van der Waals surface area contributed by atoms with Crippen LogP contribution < -0.4 is 4.74 Å². The summed E-state index contributed by atoms with van der Waals surface area (Å²) in [4.78, 5) is 16.1. The van der Waals surface area contributed by atoms with Crippen molar-refractivity contribution in [1.29, 1.82) is 0 Å². The molecule has 1 aliphatic heterocycles. The van der Waals surface area contributed by atoms with Crippen LogP contribution in [0.25, 0.3) is 11.4 Å². The van der Waals surface area contributed by atoms with Gasteiger partial charge in [0.05, 0.1) is 24.2 Å². The molecular weight excluding hydrogens is 432 g/mol. The maximum Gasteiger partial charge on any atom is 0.381 e. The second-order valence-corrected chi connectivity index (χ2v) is 7.65. The molecule has 0 spiro atoms. The summed E-state index contributed by atoms with van der Waals surface area (Å²) in [6.07, 6.45) is 6.26. The average molecular weight is 457 g/mol. The van der Waals surface area contributed by atoms with Crippen LogP contribution in [0.2, 0.25) is 0 Å². The van der Waals surface area contributed by atoms with Gasteiger partial charge in [-0.15, -0.1) is 0 Å². The van der Waals surface area contributed by atoms with Gasteiger partial charge in [-0.05, 0) is 56.0 Å². The minimum atomic E-state index is -3.72. The third-order valence-corrected chi connectivity index (χ3v) is 5.32. The average Bonchev–Trinajstić information content (AvgIpc) is 3.34. The molecule has 0 saturated carbocycles. The number of hydrogen-bond donors (Lipinski definition) is 0. The molecule has 1 aliphatic rings. The molecule has 0 amide bonds. The fraction of sp³-hybridized carbons (Fsp3) is 0.375. The molecule has 174 valence electrons. The molecule has 0 N–H and O–H groups in total. The van der Waals surface area contributed by atoms with Gasteiger partial charge in [-0.1, -0.05) is 18.2 Å². The first-order chi connectivity index (χ1) is 16.0. The number of pyridine rings is 1. The molecule has 4 rings (SSSR count). The van der Waals surface area contributed by atoms with E-state index in [4.69, 9.17) is 9.47 Å². The number of alkyl halides is 2. The van der Waals surface area contributed by atoms with E-state index in [0.29, 0.717) is 11.3 Å². The first-order valence-electron chi connectivity index (χ1n) is 10.9. The lowest BCUT2D eigenvalue weighted by Crippen LogP contribution is -2.28.